The van der Waals surface area contributed by atoms with Crippen LogP contribution in [0.2, 0.25) is 0 Å². The second kappa shape index (κ2) is 8.23. The standard InChI is InChI=1S/C16H31NO2/c1-2-13-7-3-6-10-16(13)17-11-14(18)12-19-15-8-4-5-9-15/h13-18H,2-12H2,1H3. The van der Waals surface area contributed by atoms with Crippen molar-refractivity contribution in [1.82, 2.24) is 5.32 Å². The molecule has 0 aromatic heterocycles. The van der Waals surface area contributed by atoms with Crippen molar-refractivity contribution in [1.29, 1.82) is 0 Å². The Kier molecular flexibility index (Phi) is 6.62. The van der Waals surface area contributed by atoms with Crippen molar-refractivity contribution in [2.75, 3.05) is 13.2 Å². The third-order valence-electron chi connectivity index (χ3n) is 4.88. The molecule has 0 amide bonds. The van der Waals surface area contributed by atoms with Gasteiger partial charge in [0.1, 0.15) is 0 Å². The lowest BCUT2D eigenvalue weighted by Gasteiger charge is -2.32. The lowest BCUT2D eigenvalue weighted by molar-refractivity contribution is -0.00734. The Labute approximate surface area is 118 Å². The first kappa shape index (κ1) is 15.3. The van der Waals surface area contributed by atoms with E-state index in [2.05, 4.69) is 12.2 Å². The van der Waals surface area contributed by atoms with E-state index >= 15 is 0 Å². The van der Waals surface area contributed by atoms with Gasteiger partial charge in [-0.25, -0.2) is 0 Å². The first-order valence-corrected chi connectivity index (χ1v) is 8.32. The fraction of sp³-hybridized carbons (Fsp3) is 1.00. The predicted molar refractivity (Wildman–Crippen MR) is 78.3 cm³/mol. The average Bonchev–Trinajstić information content (AvgIpc) is 2.96. The number of aliphatic hydroxyl groups excluding tert-OH is 1. The number of nitrogens with one attached hydrogen (secondary N) is 1. The van der Waals surface area contributed by atoms with Crippen LogP contribution in [0.5, 0.6) is 0 Å². The van der Waals surface area contributed by atoms with Crippen molar-refractivity contribution >= 4 is 0 Å². The molecular formula is C16H31NO2. The summed E-state index contributed by atoms with van der Waals surface area (Å²) in [5.74, 6) is 0.803. The second-order valence-electron chi connectivity index (χ2n) is 6.36. The van der Waals surface area contributed by atoms with Crippen molar-refractivity contribution in [3.05, 3.63) is 0 Å². The van der Waals surface area contributed by atoms with Crippen LogP contribution < -0.4 is 5.32 Å². The molecule has 3 nitrogen and oxygen atoms in total. The Balaban J connectivity index is 1.60. The molecule has 0 aliphatic heterocycles. The summed E-state index contributed by atoms with van der Waals surface area (Å²) in [7, 11) is 0. The molecular weight excluding hydrogens is 238 g/mol. The molecule has 3 heteroatoms. The van der Waals surface area contributed by atoms with Crippen LogP contribution in [0.4, 0.5) is 0 Å². The Hall–Kier alpha value is -0.120. The lowest BCUT2D eigenvalue weighted by Crippen LogP contribution is -2.43. The van der Waals surface area contributed by atoms with Crippen LogP contribution in [-0.4, -0.2) is 36.5 Å². The van der Waals surface area contributed by atoms with Gasteiger partial charge >= 0.3 is 0 Å². The van der Waals surface area contributed by atoms with E-state index in [4.69, 9.17) is 4.74 Å². The first-order chi connectivity index (χ1) is 9.29. The highest BCUT2D eigenvalue weighted by Gasteiger charge is 2.24. The summed E-state index contributed by atoms with van der Waals surface area (Å²) in [5, 5.41) is 13.6. The largest absolute Gasteiger partial charge is 0.389 e. The molecule has 2 fully saturated rings. The molecule has 2 N–H and O–H groups in total. The van der Waals surface area contributed by atoms with Gasteiger partial charge in [0.05, 0.1) is 18.8 Å². The topological polar surface area (TPSA) is 41.5 Å². The fourth-order valence-corrected chi connectivity index (χ4v) is 3.61. The fourth-order valence-electron chi connectivity index (χ4n) is 3.61. The summed E-state index contributed by atoms with van der Waals surface area (Å²) in [6.45, 7) is 3.47. The van der Waals surface area contributed by atoms with E-state index in [9.17, 15) is 5.11 Å². The van der Waals surface area contributed by atoms with Gasteiger partial charge in [-0.05, 0) is 31.6 Å². The van der Waals surface area contributed by atoms with Gasteiger partial charge in [0.15, 0.2) is 0 Å². The van der Waals surface area contributed by atoms with Crippen LogP contribution in [-0.2, 0) is 4.74 Å². The van der Waals surface area contributed by atoms with Gasteiger partial charge in [-0.15, -0.1) is 0 Å². The molecule has 0 heterocycles. The molecule has 2 aliphatic rings. The number of rotatable bonds is 7. The Morgan fingerprint density at radius 1 is 1.11 bits per heavy atom. The normalized spacial score (nSPS) is 30.6. The molecule has 0 aromatic carbocycles. The van der Waals surface area contributed by atoms with Gasteiger partial charge in [-0.2, -0.15) is 0 Å². The van der Waals surface area contributed by atoms with Crippen LogP contribution in [0, 0.1) is 5.92 Å². The van der Waals surface area contributed by atoms with Gasteiger partial charge in [0, 0.05) is 12.6 Å². The van der Waals surface area contributed by atoms with E-state index in [1.54, 1.807) is 0 Å². The highest BCUT2D eigenvalue weighted by molar-refractivity contribution is 4.81. The van der Waals surface area contributed by atoms with E-state index in [0.717, 1.165) is 5.92 Å². The average molecular weight is 269 g/mol. The molecule has 3 unspecified atom stereocenters. The maximum atomic E-state index is 10.0. The summed E-state index contributed by atoms with van der Waals surface area (Å²) in [5.41, 5.74) is 0. The Morgan fingerprint density at radius 3 is 2.53 bits per heavy atom. The molecule has 3 atom stereocenters. The lowest BCUT2D eigenvalue weighted by atomic mass is 9.83. The molecule has 0 saturated heterocycles. The third-order valence-corrected chi connectivity index (χ3v) is 4.88. The number of hydrogen-bond donors (Lipinski definition) is 2. The molecule has 112 valence electrons. The zero-order chi connectivity index (χ0) is 13.5. The molecule has 19 heavy (non-hydrogen) atoms. The van der Waals surface area contributed by atoms with Crippen LogP contribution >= 0.6 is 0 Å². The summed E-state index contributed by atoms with van der Waals surface area (Å²) >= 11 is 0. The molecule has 2 rings (SSSR count). The first-order valence-electron chi connectivity index (χ1n) is 8.32. The predicted octanol–water partition coefficient (Wildman–Crippen LogP) is 2.86. The van der Waals surface area contributed by atoms with Gasteiger partial charge in [-0.3, -0.25) is 0 Å². The smallest absolute Gasteiger partial charge is 0.0897 e. The number of ether oxygens (including phenoxy) is 1. The number of aliphatic hydroxyl groups is 1. The van der Waals surface area contributed by atoms with Crippen molar-refractivity contribution in [2.45, 2.75) is 83.0 Å². The quantitative estimate of drug-likeness (QED) is 0.747. The maximum Gasteiger partial charge on any atom is 0.0897 e. The molecule has 2 aliphatic carbocycles. The Bertz CT molecular complexity index is 241. The second-order valence-corrected chi connectivity index (χ2v) is 6.36. The maximum absolute atomic E-state index is 10.0. The van der Waals surface area contributed by atoms with Crippen molar-refractivity contribution < 1.29 is 9.84 Å². The molecule has 2 saturated carbocycles. The van der Waals surface area contributed by atoms with Crippen LogP contribution in [0.25, 0.3) is 0 Å². The van der Waals surface area contributed by atoms with Gasteiger partial charge in [-0.1, -0.05) is 39.0 Å². The zero-order valence-corrected chi connectivity index (χ0v) is 12.4. The van der Waals surface area contributed by atoms with Crippen LogP contribution in [0.1, 0.15) is 64.7 Å². The molecule has 0 aromatic rings. The van der Waals surface area contributed by atoms with E-state index in [1.165, 1.54) is 57.8 Å². The van der Waals surface area contributed by atoms with Crippen LogP contribution in [0.3, 0.4) is 0 Å². The van der Waals surface area contributed by atoms with Gasteiger partial charge < -0.3 is 15.2 Å². The van der Waals surface area contributed by atoms with Crippen molar-refractivity contribution in [3.8, 4) is 0 Å². The minimum Gasteiger partial charge on any atom is -0.389 e. The van der Waals surface area contributed by atoms with E-state index in [0.29, 0.717) is 25.3 Å². The van der Waals surface area contributed by atoms with E-state index in [1.807, 2.05) is 0 Å². The molecule has 0 radical (unpaired) electrons. The van der Waals surface area contributed by atoms with Crippen LogP contribution in [0.15, 0.2) is 0 Å². The van der Waals surface area contributed by atoms with Gasteiger partial charge in [0.25, 0.3) is 0 Å². The van der Waals surface area contributed by atoms with E-state index in [-0.39, 0.29) is 6.10 Å². The minimum absolute atomic E-state index is 0.347. The van der Waals surface area contributed by atoms with E-state index < -0.39 is 0 Å². The molecule has 0 bridgehead atoms. The highest BCUT2D eigenvalue weighted by atomic mass is 16.5. The third kappa shape index (κ3) is 5.05. The summed E-state index contributed by atoms with van der Waals surface area (Å²) in [4.78, 5) is 0. The molecule has 0 spiro atoms. The monoisotopic (exact) mass is 269 g/mol. The zero-order valence-electron chi connectivity index (χ0n) is 12.4. The SMILES string of the molecule is CCC1CCCCC1NCC(O)COC1CCCC1. The highest BCUT2D eigenvalue weighted by Crippen LogP contribution is 2.26. The Morgan fingerprint density at radius 2 is 1.79 bits per heavy atom. The minimum atomic E-state index is -0.347. The number of hydrogen-bond acceptors (Lipinski definition) is 3. The summed E-state index contributed by atoms with van der Waals surface area (Å²) in [6.07, 6.45) is 11.6. The summed E-state index contributed by atoms with van der Waals surface area (Å²) < 4.78 is 5.77. The van der Waals surface area contributed by atoms with Crippen molar-refractivity contribution in [2.24, 2.45) is 5.92 Å². The van der Waals surface area contributed by atoms with Gasteiger partial charge in [0.2, 0.25) is 0 Å². The summed E-state index contributed by atoms with van der Waals surface area (Å²) in [6, 6.07) is 0.611. The van der Waals surface area contributed by atoms with Crippen molar-refractivity contribution in [3.63, 3.8) is 0 Å².